The molecule has 8 nitrogen and oxygen atoms in total. The van der Waals surface area contributed by atoms with Crippen molar-refractivity contribution < 1.29 is 23.9 Å². The lowest BCUT2D eigenvalue weighted by Crippen LogP contribution is -2.35. The smallest absolute Gasteiger partial charge is 0.337 e. The van der Waals surface area contributed by atoms with E-state index in [1.165, 1.54) is 31.4 Å². The third-order valence-corrected chi connectivity index (χ3v) is 4.85. The quantitative estimate of drug-likeness (QED) is 0.597. The molecule has 8 heteroatoms. The highest BCUT2D eigenvalue weighted by molar-refractivity contribution is 6.43. The van der Waals surface area contributed by atoms with Gasteiger partial charge in [0.25, 0.3) is 0 Å². The lowest BCUT2D eigenvalue weighted by atomic mass is 10.1. The van der Waals surface area contributed by atoms with E-state index in [9.17, 15) is 19.2 Å². The molecule has 0 bridgehead atoms. The molecule has 1 heterocycles. The van der Waals surface area contributed by atoms with Crippen LogP contribution in [-0.2, 0) is 19.1 Å². The second-order valence-corrected chi connectivity index (χ2v) is 6.98. The van der Waals surface area contributed by atoms with E-state index in [2.05, 4.69) is 15.4 Å². The summed E-state index contributed by atoms with van der Waals surface area (Å²) in [7, 11) is 1.28. The molecular weight excluding hydrogens is 386 g/mol. The second kappa shape index (κ2) is 9.21. The minimum absolute atomic E-state index is 0.0565. The van der Waals surface area contributed by atoms with Gasteiger partial charge in [0.15, 0.2) is 0 Å². The number of nitrogens with zero attached hydrogens (tertiary/aromatic N) is 1. The van der Waals surface area contributed by atoms with Crippen LogP contribution >= 0.6 is 0 Å². The van der Waals surface area contributed by atoms with Gasteiger partial charge in [-0.2, -0.15) is 0 Å². The predicted molar refractivity (Wildman–Crippen MR) is 112 cm³/mol. The molecule has 3 rings (SSSR count). The van der Waals surface area contributed by atoms with Gasteiger partial charge in [0.05, 0.1) is 12.7 Å². The summed E-state index contributed by atoms with van der Waals surface area (Å²) in [6, 6.07) is 11.2. The van der Waals surface area contributed by atoms with Gasteiger partial charge in [0.1, 0.15) is 0 Å². The molecule has 0 aromatic heterocycles. The highest BCUT2D eigenvalue weighted by Gasteiger charge is 2.22. The number of methoxy groups -OCH3 is 1. The van der Waals surface area contributed by atoms with E-state index in [1.54, 1.807) is 23.1 Å². The Morgan fingerprint density at radius 1 is 0.933 bits per heavy atom. The summed E-state index contributed by atoms with van der Waals surface area (Å²) in [5.41, 5.74) is 2.77. The molecule has 0 radical (unpaired) electrons. The first-order chi connectivity index (χ1) is 14.4. The molecule has 1 aliphatic heterocycles. The van der Waals surface area contributed by atoms with Crippen molar-refractivity contribution in [2.45, 2.75) is 26.2 Å². The van der Waals surface area contributed by atoms with Crippen LogP contribution in [0.4, 0.5) is 17.1 Å². The van der Waals surface area contributed by atoms with Crippen LogP contribution in [0, 0.1) is 6.92 Å². The third-order valence-electron chi connectivity index (χ3n) is 4.85. The van der Waals surface area contributed by atoms with Crippen molar-refractivity contribution in [3.05, 3.63) is 53.6 Å². The molecule has 1 saturated heterocycles. The van der Waals surface area contributed by atoms with E-state index in [1.807, 2.05) is 6.92 Å². The van der Waals surface area contributed by atoms with E-state index in [0.29, 0.717) is 29.9 Å². The van der Waals surface area contributed by atoms with Crippen molar-refractivity contribution in [3.63, 3.8) is 0 Å². The standard InChI is InChI=1S/C22H23N3O5/c1-14-6-9-17(13-18(14)25-12-4-3-5-19(25)26)24-21(28)20(27)23-16-10-7-15(8-11-16)22(29)30-2/h6-11,13H,3-5,12H2,1-2H3,(H,23,27)(H,24,28). The van der Waals surface area contributed by atoms with Crippen molar-refractivity contribution in [3.8, 4) is 0 Å². The molecule has 0 aliphatic carbocycles. The fourth-order valence-electron chi connectivity index (χ4n) is 3.22. The summed E-state index contributed by atoms with van der Waals surface area (Å²) in [4.78, 5) is 49.9. The first-order valence-corrected chi connectivity index (χ1v) is 9.61. The SMILES string of the molecule is COC(=O)c1ccc(NC(=O)C(=O)Nc2ccc(C)c(N3CCCCC3=O)c2)cc1. The molecule has 2 aromatic carbocycles. The van der Waals surface area contributed by atoms with Crippen LogP contribution in [-0.4, -0.2) is 37.3 Å². The maximum atomic E-state index is 12.3. The Kier molecular flexibility index (Phi) is 6.46. The highest BCUT2D eigenvalue weighted by atomic mass is 16.5. The second-order valence-electron chi connectivity index (χ2n) is 6.98. The van der Waals surface area contributed by atoms with Crippen LogP contribution in [0.2, 0.25) is 0 Å². The van der Waals surface area contributed by atoms with Gasteiger partial charge >= 0.3 is 17.8 Å². The summed E-state index contributed by atoms with van der Waals surface area (Å²) in [5.74, 6) is -2.13. The van der Waals surface area contributed by atoms with Crippen molar-refractivity contribution in [2.24, 2.45) is 0 Å². The number of aryl methyl sites for hydroxylation is 1. The van der Waals surface area contributed by atoms with Crippen molar-refractivity contribution in [2.75, 3.05) is 29.2 Å². The van der Waals surface area contributed by atoms with Crippen LogP contribution in [0.25, 0.3) is 0 Å². The summed E-state index contributed by atoms with van der Waals surface area (Å²) in [5, 5.41) is 5.03. The van der Waals surface area contributed by atoms with E-state index >= 15 is 0 Å². The normalized spacial score (nSPS) is 13.5. The molecule has 0 unspecified atom stereocenters. The first kappa shape index (κ1) is 21.0. The summed E-state index contributed by atoms with van der Waals surface area (Å²) >= 11 is 0. The Bertz CT molecular complexity index is 985. The number of rotatable bonds is 4. The predicted octanol–water partition coefficient (Wildman–Crippen LogP) is 2.88. The molecule has 1 fully saturated rings. The fraction of sp³-hybridized carbons (Fsp3) is 0.273. The number of carbonyl (C=O) groups is 4. The average molecular weight is 409 g/mol. The third kappa shape index (κ3) is 4.83. The molecule has 0 saturated carbocycles. The Hall–Kier alpha value is -3.68. The van der Waals surface area contributed by atoms with Crippen LogP contribution in [0.5, 0.6) is 0 Å². The van der Waals surface area contributed by atoms with Crippen molar-refractivity contribution in [1.82, 2.24) is 0 Å². The molecule has 1 aliphatic rings. The highest BCUT2D eigenvalue weighted by Crippen LogP contribution is 2.27. The molecule has 0 spiro atoms. The Labute approximate surface area is 174 Å². The number of hydrogen-bond donors (Lipinski definition) is 2. The van der Waals surface area contributed by atoms with E-state index in [-0.39, 0.29) is 5.91 Å². The van der Waals surface area contributed by atoms with Crippen LogP contribution in [0.15, 0.2) is 42.5 Å². The van der Waals surface area contributed by atoms with Crippen LogP contribution in [0.3, 0.4) is 0 Å². The maximum absolute atomic E-state index is 12.3. The summed E-state index contributed by atoms with van der Waals surface area (Å²) in [6.07, 6.45) is 2.32. The number of nitrogens with one attached hydrogen (secondary N) is 2. The Balaban J connectivity index is 1.66. The molecule has 2 N–H and O–H groups in total. The van der Waals surface area contributed by atoms with Gasteiger partial charge in [-0.15, -0.1) is 0 Å². The minimum Gasteiger partial charge on any atom is -0.465 e. The zero-order valence-electron chi connectivity index (χ0n) is 16.9. The molecule has 2 aromatic rings. The monoisotopic (exact) mass is 409 g/mol. The molecule has 30 heavy (non-hydrogen) atoms. The number of piperidine rings is 1. The molecule has 3 amide bonds. The lowest BCUT2D eigenvalue weighted by Gasteiger charge is -2.28. The molecular formula is C22H23N3O5. The van der Waals surface area contributed by atoms with Gasteiger partial charge in [-0.3, -0.25) is 14.4 Å². The fourth-order valence-corrected chi connectivity index (χ4v) is 3.22. The average Bonchev–Trinajstić information content (AvgIpc) is 2.75. The first-order valence-electron chi connectivity index (χ1n) is 9.61. The molecule has 0 atom stereocenters. The number of hydrogen-bond acceptors (Lipinski definition) is 5. The van der Waals surface area contributed by atoms with Crippen LogP contribution < -0.4 is 15.5 Å². The summed E-state index contributed by atoms with van der Waals surface area (Å²) in [6.45, 7) is 2.53. The summed E-state index contributed by atoms with van der Waals surface area (Å²) < 4.78 is 4.62. The van der Waals surface area contributed by atoms with E-state index in [0.717, 1.165) is 24.1 Å². The van der Waals surface area contributed by atoms with Gasteiger partial charge in [0, 0.05) is 30.0 Å². The topological polar surface area (TPSA) is 105 Å². The number of amides is 3. The number of esters is 1. The van der Waals surface area contributed by atoms with Crippen molar-refractivity contribution >= 4 is 40.8 Å². The zero-order valence-corrected chi connectivity index (χ0v) is 16.9. The number of benzene rings is 2. The number of anilines is 3. The number of carbonyl (C=O) groups excluding carboxylic acids is 4. The van der Waals surface area contributed by atoms with Crippen molar-refractivity contribution in [1.29, 1.82) is 0 Å². The van der Waals surface area contributed by atoms with Gasteiger partial charge < -0.3 is 20.3 Å². The van der Waals surface area contributed by atoms with Crippen LogP contribution in [0.1, 0.15) is 35.2 Å². The zero-order chi connectivity index (χ0) is 21.7. The van der Waals surface area contributed by atoms with Gasteiger partial charge in [-0.05, 0) is 61.7 Å². The Morgan fingerprint density at radius 2 is 1.57 bits per heavy atom. The molecule has 156 valence electrons. The van der Waals surface area contributed by atoms with Gasteiger partial charge in [-0.1, -0.05) is 6.07 Å². The van der Waals surface area contributed by atoms with E-state index < -0.39 is 17.8 Å². The Morgan fingerprint density at radius 3 is 2.20 bits per heavy atom. The lowest BCUT2D eigenvalue weighted by molar-refractivity contribution is -0.132. The van der Waals surface area contributed by atoms with E-state index in [4.69, 9.17) is 0 Å². The largest absolute Gasteiger partial charge is 0.465 e. The number of ether oxygens (including phenoxy) is 1. The van der Waals surface area contributed by atoms with Gasteiger partial charge in [-0.25, -0.2) is 4.79 Å². The minimum atomic E-state index is -0.850. The van der Waals surface area contributed by atoms with Gasteiger partial charge in [0.2, 0.25) is 5.91 Å². The maximum Gasteiger partial charge on any atom is 0.337 e.